The van der Waals surface area contributed by atoms with Crippen LogP contribution in [0.4, 0.5) is 19.1 Å². The van der Waals surface area contributed by atoms with E-state index in [0.717, 1.165) is 23.5 Å². The molecule has 0 spiro atoms. The molecule has 1 aromatic carbocycles. The minimum atomic E-state index is -4.55. The highest BCUT2D eigenvalue weighted by Gasteiger charge is 2.59. The van der Waals surface area contributed by atoms with Crippen molar-refractivity contribution in [3.8, 4) is 0 Å². The number of halogens is 3. The van der Waals surface area contributed by atoms with Gasteiger partial charge in [0.15, 0.2) is 0 Å². The van der Waals surface area contributed by atoms with Crippen molar-refractivity contribution in [1.29, 1.82) is 0 Å². The van der Waals surface area contributed by atoms with Crippen molar-refractivity contribution < 1.29 is 32.0 Å². The molecule has 3 heterocycles. The second kappa shape index (κ2) is 7.56. The summed E-state index contributed by atoms with van der Waals surface area (Å²) in [5, 5.41) is 2.57. The van der Waals surface area contributed by atoms with Gasteiger partial charge < -0.3 is 8.98 Å². The standard InChI is InChI=1S/C24H19F3N4O4/c25-24(26,27)14-5-6-17-16(9-14)28-23(30(17)10-15-2-1-7-35-15)29-18(32)11-31-21(33)19-12-3-4-13(8-12)20(19)22(31)34/h1-7,9,12-13,19-20H,8,10-11H2,(H,28,29,32). The van der Waals surface area contributed by atoms with Crippen LogP contribution in [0.3, 0.4) is 0 Å². The number of amides is 3. The number of rotatable bonds is 5. The lowest BCUT2D eigenvalue weighted by Crippen LogP contribution is -2.39. The van der Waals surface area contributed by atoms with Crippen molar-refractivity contribution in [3.05, 3.63) is 60.1 Å². The monoisotopic (exact) mass is 484 g/mol. The number of carbonyl (C=O) groups is 3. The molecular weight excluding hydrogens is 465 g/mol. The third-order valence-electron chi connectivity index (χ3n) is 7.08. The fourth-order valence-corrected chi connectivity index (χ4v) is 5.55. The zero-order chi connectivity index (χ0) is 24.5. The number of furan rings is 1. The average Bonchev–Trinajstić information content (AvgIpc) is 3.62. The largest absolute Gasteiger partial charge is 0.467 e. The van der Waals surface area contributed by atoms with Gasteiger partial charge in [0.05, 0.1) is 41.2 Å². The summed E-state index contributed by atoms with van der Waals surface area (Å²) in [5.41, 5.74) is -0.476. The third-order valence-corrected chi connectivity index (χ3v) is 7.08. The molecule has 1 saturated carbocycles. The SMILES string of the molecule is O=C(CN1C(=O)C2C3C=CC(C3)C2C1=O)Nc1nc2cc(C(F)(F)F)ccc2n1Cc1ccco1. The van der Waals surface area contributed by atoms with Crippen LogP contribution in [0.2, 0.25) is 0 Å². The van der Waals surface area contributed by atoms with E-state index >= 15 is 0 Å². The van der Waals surface area contributed by atoms with E-state index in [9.17, 15) is 27.6 Å². The number of imide groups is 1. The Balaban J connectivity index is 1.27. The first-order valence-corrected chi connectivity index (χ1v) is 11.1. The fourth-order valence-electron chi connectivity index (χ4n) is 5.55. The molecule has 3 amide bonds. The van der Waals surface area contributed by atoms with Gasteiger partial charge in [-0.05, 0) is 48.6 Å². The molecule has 4 unspecified atom stereocenters. The van der Waals surface area contributed by atoms with E-state index in [0.29, 0.717) is 11.3 Å². The van der Waals surface area contributed by atoms with Crippen LogP contribution in [0.1, 0.15) is 17.7 Å². The minimum absolute atomic E-state index is 0.0123. The zero-order valence-electron chi connectivity index (χ0n) is 18.2. The molecule has 8 nitrogen and oxygen atoms in total. The van der Waals surface area contributed by atoms with Crippen molar-refractivity contribution in [2.45, 2.75) is 19.1 Å². The molecule has 4 atom stereocenters. The minimum Gasteiger partial charge on any atom is -0.467 e. The number of aromatic nitrogens is 2. The Morgan fingerprint density at radius 2 is 1.83 bits per heavy atom. The molecule has 1 saturated heterocycles. The molecule has 6 rings (SSSR count). The van der Waals surface area contributed by atoms with E-state index in [1.807, 2.05) is 12.2 Å². The first-order chi connectivity index (χ1) is 16.7. The zero-order valence-corrected chi connectivity index (χ0v) is 18.2. The van der Waals surface area contributed by atoms with E-state index in [-0.39, 0.29) is 41.7 Å². The van der Waals surface area contributed by atoms with Crippen LogP contribution in [0.25, 0.3) is 11.0 Å². The van der Waals surface area contributed by atoms with Crippen LogP contribution in [0.15, 0.2) is 53.2 Å². The van der Waals surface area contributed by atoms with Crippen LogP contribution in [0.5, 0.6) is 0 Å². The van der Waals surface area contributed by atoms with Crippen molar-refractivity contribution >= 4 is 34.7 Å². The first kappa shape index (κ1) is 21.6. The van der Waals surface area contributed by atoms with Crippen molar-refractivity contribution in [2.24, 2.45) is 23.7 Å². The highest BCUT2D eigenvalue weighted by atomic mass is 19.4. The van der Waals surface area contributed by atoms with Gasteiger partial charge in [0.2, 0.25) is 23.7 Å². The normalized spacial score (nSPS) is 25.2. The van der Waals surface area contributed by atoms with Crippen LogP contribution >= 0.6 is 0 Å². The van der Waals surface area contributed by atoms with E-state index in [1.54, 1.807) is 12.1 Å². The molecule has 2 aromatic heterocycles. The van der Waals surface area contributed by atoms with Gasteiger partial charge in [0.1, 0.15) is 12.3 Å². The number of alkyl halides is 3. The van der Waals surface area contributed by atoms with E-state index in [1.165, 1.54) is 16.9 Å². The molecule has 3 aliphatic rings. The van der Waals surface area contributed by atoms with Gasteiger partial charge in [-0.3, -0.25) is 24.6 Å². The molecule has 11 heteroatoms. The summed E-state index contributed by atoms with van der Waals surface area (Å²) in [6.45, 7) is -0.382. The molecule has 180 valence electrons. The average molecular weight is 484 g/mol. The van der Waals surface area contributed by atoms with Crippen LogP contribution in [-0.2, 0) is 27.1 Å². The summed E-state index contributed by atoms with van der Waals surface area (Å²) < 4.78 is 46.5. The summed E-state index contributed by atoms with van der Waals surface area (Å²) in [6.07, 6.45) is 1.62. The number of benzene rings is 1. The highest BCUT2D eigenvalue weighted by Crippen LogP contribution is 2.52. The molecule has 2 fully saturated rings. The number of fused-ring (bicyclic) bond motifs is 6. The summed E-state index contributed by atoms with van der Waals surface area (Å²) in [5.74, 6) is -1.69. The number of imidazole rings is 1. The van der Waals surface area contributed by atoms with E-state index in [4.69, 9.17) is 4.42 Å². The number of anilines is 1. The first-order valence-electron chi connectivity index (χ1n) is 11.1. The van der Waals surface area contributed by atoms with Crippen molar-refractivity contribution in [3.63, 3.8) is 0 Å². The molecule has 2 bridgehead atoms. The Bertz CT molecular complexity index is 1360. The maximum Gasteiger partial charge on any atom is 0.416 e. The van der Waals surface area contributed by atoms with Crippen molar-refractivity contribution in [2.75, 3.05) is 11.9 Å². The van der Waals surface area contributed by atoms with E-state index in [2.05, 4.69) is 10.3 Å². The topological polar surface area (TPSA) is 97.4 Å². The maximum atomic E-state index is 13.2. The number of likely N-dealkylation sites (tertiary alicyclic amines) is 1. The second-order valence-electron chi connectivity index (χ2n) is 9.11. The number of hydrogen-bond acceptors (Lipinski definition) is 5. The van der Waals surface area contributed by atoms with Gasteiger partial charge in [-0.2, -0.15) is 13.2 Å². The van der Waals surface area contributed by atoms with Crippen LogP contribution in [-0.4, -0.2) is 38.7 Å². The van der Waals surface area contributed by atoms with Crippen LogP contribution in [0, 0.1) is 23.7 Å². The maximum absolute atomic E-state index is 13.2. The molecule has 2 aliphatic carbocycles. The summed E-state index contributed by atoms with van der Waals surface area (Å²) >= 11 is 0. The Hall–Kier alpha value is -3.89. The molecule has 1 aliphatic heterocycles. The molecule has 3 aromatic rings. The van der Waals surface area contributed by atoms with Gasteiger partial charge in [-0.1, -0.05) is 12.2 Å². The Labute approximate surface area is 196 Å². The summed E-state index contributed by atoms with van der Waals surface area (Å²) in [4.78, 5) is 43.8. The quantitative estimate of drug-likeness (QED) is 0.442. The Morgan fingerprint density at radius 1 is 1.11 bits per heavy atom. The molecule has 0 radical (unpaired) electrons. The van der Waals surface area contributed by atoms with Gasteiger partial charge >= 0.3 is 6.18 Å². The molecular formula is C24H19F3N4O4. The smallest absolute Gasteiger partial charge is 0.416 e. The number of hydrogen-bond donors (Lipinski definition) is 1. The van der Waals surface area contributed by atoms with Gasteiger partial charge in [0.25, 0.3) is 0 Å². The van der Waals surface area contributed by atoms with E-state index < -0.39 is 36.0 Å². The van der Waals surface area contributed by atoms with Gasteiger partial charge in [-0.25, -0.2) is 4.98 Å². The number of nitrogens with one attached hydrogen (secondary N) is 1. The Kier molecular flexibility index (Phi) is 4.67. The highest BCUT2D eigenvalue weighted by molar-refractivity contribution is 6.09. The lowest BCUT2D eigenvalue weighted by Gasteiger charge is -2.17. The lowest BCUT2D eigenvalue weighted by atomic mass is 9.85. The number of nitrogens with zero attached hydrogens (tertiary/aromatic N) is 3. The van der Waals surface area contributed by atoms with Crippen molar-refractivity contribution in [1.82, 2.24) is 14.5 Å². The summed E-state index contributed by atoms with van der Waals surface area (Å²) in [6, 6.07) is 6.47. The van der Waals surface area contributed by atoms with Gasteiger partial charge in [-0.15, -0.1) is 0 Å². The lowest BCUT2D eigenvalue weighted by molar-refractivity contribution is -0.143. The Morgan fingerprint density at radius 3 is 2.46 bits per heavy atom. The third kappa shape index (κ3) is 3.44. The number of allylic oxidation sites excluding steroid dienone is 2. The fraction of sp³-hybridized carbons (Fsp3) is 0.333. The molecule has 35 heavy (non-hydrogen) atoms. The second-order valence-corrected chi connectivity index (χ2v) is 9.11. The predicted molar refractivity (Wildman–Crippen MR) is 116 cm³/mol. The van der Waals surface area contributed by atoms with Gasteiger partial charge in [0, 0.05) is 0 Å². The molecule has 1 N–H and O–H groups in total. The van der Waals surface area contributed by atoms with Crippen LogP contribution < -0.4 is 5.32 Å². The number of carbonyl (C=O) groups excluding carboxylic acids is 3. The summed E-state index contributed by atoms with van der Waals surface area (Å²) in [7, 11) is 0. The predicted octanol–water partition coefficient (Wildman–Crippen LogP) is 3.44.